The first-order valence-corrected chi connectivity index (χ1v) is 10.4. The van der Waals surface area contributed by atoms with E-state index < -0.39 is 11.7 Å². The highest BCUT2D eigenvalue weighted by Crippen LogP contribution is 2.38. The monoisotopic (exact) mass is 432 g/mol. The molecule has 0 saturated carbocycles. The number of carbonyl (C=O) groups is 1. The first-order valence-electron chi connectivity index (χ1n) is 10.4. The van der Waals surface area contributed by atoms with Gasteiger partial charge in [0.25, 0.3) is 0 Å². The molecule has 0 bridgehead atoms. The van der Waals surface area contributed by atoms with Gasteiger partial charge in [0.05, 0.1) is 30.1 Å². The third-order valence-corrected chi connectivity index (χ3v) is 5.89. The number of fused-ring (bicyclic) bond motifs is 1. The number of carbonyl (C=O) groups excluding carboxylic acids is 1. The fourth-order valence-corrected chi connectivity index (χ4v) is 4.36. The number of aromatic nitrogens is 3. The van der Waals surface area contributed by atoms with Gasteiger partial charge in [0.15, 0.2) is 0 Å². The molecule has 6 nitrogen and oxygen atoms in total. The number of piperidine rings is 1. The van der Waals surface area contributed by atoms with Crippen LogP contribution in [0.2, 0.25) is 0 Å². The van der Waals surface area contributed by atoms with Crippen molar-refractivity contribution in [2.45, 2.75) is 37.9 Å². The van der Waals surface area contributed by atoms with Crippen LogP contribution in [0.25, 0.3) is 22.3 Å². The second-order valence-corrected chi connectivity index (χ2v) is 8.07. The molecule has 1 fully saturated rings. The predicted molar refractivity (Wildman–Crippen MR) is 110 cm³/mol. The first-order chi connectivity index (χ1) is 14.8. The largest absolute Gasteiger partial charge is 0.418 e. The van der Waals surface area contributed by atoms with E-state index in [2.05, 4.69) is 25.8 Å². The number of nitrogens with one attached hydrogen (secondary N) is 2. The highest BCUT2D eigenvalue weighted by Gasteiger charge is 2.36. The van der Waals surface area contributed by atoms with E-state index >= 15 is 0 Å². The Bertz CT molecular complexity index is 1080. The van der Waals surface area contributed by atoms with Crippen molar-refractivity contribution in [2.75, 3.05) is 13.6 Å². The van der Waals surface area contributed by atoms with E-state index in [0.29, 0.717) is 29.4 Å². The van der Waals surface area contributed by atoms with Crippen LogP contribution in [0.1, 0.15) is 30.5 Å². The standard InChI is InChI=1S/C22H24F3N5O/c1-26-19(31)12-15-11-13(8-9-27-15)10-14-6-7-17(22(23,24)25)21(28-14)20-16-4-2-3-5-18(16)29-30-20/h2-7,13,15,27H,8-12H2,1H3,(H,26,31)(H,29,30)/p+1. The number of quaternary nitrogens is 1. The molecule has 2 atom stereocenters. The SMILES string of the molecule is CNC(=O)CC1CC(Cc2ccc(C(F)(F)F)c(-c3n[nH]c4ccccc34)n2)CC[NH2+]1. The average molecular weight is 432 g/mol. The lowest BCUT2D eigenvalue weighted by molar-refractivity contribution is -0.699. The minimum atomic E-state index is -4.53. The summed E-state index contributed by atoms with van der Waals surface area (Å²) in [6.45, 7) is 0.893. The summed E-state index contributed by atoms with van der Waals surface area (Å²) in [5.41, 5.74) is 0.548. The quantitative estimate of drug-likeness (QED) is 0.579. The van der Waals surface area contributed by atoms with Crippen LogP contribution in [0.3, 0.4) is 0 Å². The number of amides is 1. The lowest BCUT2D eigenvalue weighted by atomic mass is 9.87. The molecule has 3 heterocycles. The molecular weight excluding hydrogens is 407 g/mol. The number of para-hydroxylation sites is 1. The summed E-state index contributed by atoms with van der Waals surface area (Å²) in [5.74, 6) is 0.273. The van der Waals surface area contributed by atoms with Gasteiger partial charge < -0.3 is 10.6 Å². The highest BCUT2D eigenvalue weighted by atomic mass is 19.4. The molecule has 0 aliphatic carbocycles. The maximum Gasteiger partial charge on any atom is 0.418 e. The zero-order chi connectivity index (χ0) is 22.0. The number of aromatic amines is 1. The minimum absolute atomic E-state index is 0.00208. The Morgan fingerprint density at radius 3 is 2.81 bits per heavy atom. The van der Waals surface area contributed by atoms with Gasteiger partial charge in [-0.05, 0) is 37.0 Å². The number of nitrogens with two attached hydrogens (primary N) is 1. The molecular formula is C22H25F3N5O+. The summed E-state index contributed by atoms with van der Waals surface area (Å²) < 4.78 is 41.2. The van der Waals surface area contributed by atoms with Gasteiger partial charge in [-0.1, -0.05) is 18.2 Å². The zero-order valence-corrected chi connectivity index (χ0v) is 17.2. The van der Waals surface area contributed by atoms with Crippen LogP contribution in [-0.2, 0) is 17.4 Å². The van der Waals surface area contributed by atoms with Crippen LogP contribution >= 0.6 is 0 Å². The Hall–Kier alpha value is -2.94. The maximum atomic E-state index is 13.7. The third kappa shape index (κ3) is 4.71. The molecule has 1 aromatic carbocycles. The number of halogens is 3. The topological polar surface area (TPSA) is 87.3 Å². The number of H-pyrrole nitrogens is 1. The van der Waals surface area contributed by atoms with E-state index in [0.717, 1.165) is 25.5 Å². The summed E-state index contributed by atoms with van der Waals surface area (Å²) in [6.07, 6.45) is -1.74. The molecule has 0 spiro atoms. The summed E-state index contributed by atoms with van der Waals surface area (Å²) in [4.78, 5) is 16.1. The lowest BCUT2D eigenvalue weighted by Gasteiger charge is -2.27. The second-order valence-electron chi connectivity index (χ2n) is 8.07. The van der Waals surface area contributed by atoms with Gasteiger partial charge >= 0.3 is 6.18 Å². The summed E-state index contributed by atoms with van der Waals surface area (Å²) in [6, 6.07) is 9.84. The van der Waals surface area contributed by atoms with E-state index in [9.17, 15) is 18.0 Å². The maximum absolute atomic E-state index is 13.7. The van der Waals surface area contributed by atoms with Crippen molar-refractivity contribution in [3.8, 4) is 11.4 Å². The average Bonchev–Trinajstić information content (AvgIpc) is 3.17. The number of nitrogens with zero attached hydrogens (tertiary/aromatic N) is 2. The Balaban J connectivity index is 1.63. The Morgan fingerprint density at radius 2 is 2.03 bits per heavy atom. The highest BCUT2D eigenvalue weighted by molar-refractivity contribution is 5.92. The number of alkyl halides is 3. The molecule has 1 amide bonds. The van der Waals surface area contributed by atoms with Gasteiger partial charge in [0.1, 0.15) is 11.4 Å². The van der Waals surface area contributed by atoms with E-state index in [-0.39, 0.29) is 29.3 Å². The molecule has 4 N–H and O–H groups in total. The van der Waals surface area contributed by atoms with Crippen molar-refractivity contribution in [3.05, 3.63) is 47.7 Å². The fraction of sp³-hybridized carbons (Fsp3) is 0.409. The normalized spacial score (nSPS) is 19.5. The molecule has 0 radical (unpaired) electrons. The zero-order valence-electron chi connectivity index (χ0n) is 17.2. The number of pyridine rings is 1. The number of hydrogen-bond donors (Lipinski definition) is 3. The van der Waals surface area contributed by atoms with Crippen LogP contribution < -0.4 is 10.6 Å². The van der Waals surface area contributed by atoms with E-state index in [4.69, 9.17) is 0 Å². The molecule has 31 heavy (non-hydrogen) atoms. The van der Waals surface area contributed by atoms with Crippen molar-refractivity contribution in [1.82, 2.24) is 20.5 Å². The second kappa shape index (κ2) is 8.66. The summed E-state index contributed by atoms with van der Waals surface area (Å²) >= 11 is 0. The van der Waals surface area contributed by atoms with Crippen molar-refractivity contribution in [1.29, 1.82) is 0 Å². The molecule has 2 aromatic heterocycles. The third-order valence-electron chi connectivity index (χ3n) is 5.89. The summed E-state index contributed by atoms with van der Waals surface area (Å²) in [7, 11) is 1.62. The van der Waals surface area contributed by atoms with Crippen molar-refractivity contribution in [3.63, 3.8) is 0 Å². The molecule has 2 unspecified atom stereocenters. The van der Waals surface area contributed by atoms with Crippen molar-refractivity contribution < 1.29 is 23.3 Å². The predicted octanol–water partition coefficient (Wildman–Crippen LogP) is 2.66. The van der Waals surface area contributed by atoms with Crippen molar-refractivity contribution in [2.24, 2.45) is 5.92 Å². The van der Waals surface area contributed by atoms with Gasteiger partial charge in [-0.2, -0.15) is 18.3 Å². The van der Waals surface area contributed by atoms with Gasteiger partial charge in [-0.3, -0.25) is 14.9 Å². The first kappa shape index (κ1) is 21.3. The van der Waals surface area contributed by atoms with Crippen molar-refractivity contribution >= 4 is 16.8 Å². The van der Waals surface area contributed by atoms with Crippen LogP contribution in [-0.4, -0.2) is 40.7 Å². The number of hydrogen-bond acceptors (Lipinski definition) is 3. The van der Waals surface area contributed by atoms with Gasteiger partial charge in [0, 0.05) is 24.5 Å². The minimum Gasteiger partial charge on any atom is -0.359 e. The van der Waals surface area contributed by atoms with Gasteiger partial charge in [0.2, 0.25) is 5.91 Å². The van der Waals surface area contributed by atoms with Gasteiger partial charge in [-0.25, -0.2) is 0 Å². The van der Waals surface area contributed by atoms with E-state index in [1.54, 1.807) is 31.3 Å². The number of rotatable bonds is 5. The lowest BCUT2D eigenvalue weighted by Crippen LogP contribution is -2.92. The van der Waals surface area contributed by atoms with Crippen LogP contribution in [0, 0.1) is 5.92 Å². The van der Waals surface area contributed by atoms with Crippen LogP contribution in [0.4, 0.5) is 13.2 Å². The smallest absolute Gasteiger partial charge is 0.359 e. The summed E-state index contributed by atoms with van der Waals surface area (Å²) in [5, 5.41) is 12.4. The Morgan fingerprint density at radius 1 is 1.23 bits per heavy atom. The fourth-order valence-electron chi connectivity index (χ4n) is 4.36. The van der Waals surface area contributed by atoms with E-state index in [1.807, 2.05) is 0 Å². The van der Waals surface area contributed by atoms with E-state index in [1.165, 1.54) is 6.07 Å². The molecule has 9 heteroatoms. The Labute approximate surface area is 177 Å². The molecule has 3 aromatic rings. The molecule has 164 valence electrons. The van der Waals surface area contributed by atoms with Gasteiger partial charge in [-0.15, -0.1) is 0 Å². The number of benzene rings is 1. The van der Waals surface area contributed by atoms with Crippen LogP contribution in [0.5, 0.6) is 0 Å². The molecule has 1 aliphatic rings. The molecule has 1 aliphatic heterocycles. The molecule has 4 rings (SSSR count). The van der Waals surface area contributed by atoms with Crippen LogP contribution in [0.15, 0.2) is 36.4 Å². The molecule has 1 saturated heterocycles. The Kier molecular flexibility index (Phi) is 5.95.